The van der Waals surface area contributed by atoms with E-state index in [1.165, 1.54) is 10.6 Å². The second-order valence-corrected chi connectivity index (χ2v) is 7.91. The van der Waals surface area contributed by atoms with Crippen LogP contribution >= 0.6 is 0 Å². The van der Waals surface area contributed by atoms with Gasteiger partial charge < -0.3 is 4.40 Å². The van der Waals surface area contributed by atoms with Crippen molar-refractivity contribution in [3.63, 3.8) is 0 Å². The molecule has 1 atom stereocenters. The van der Waals surface area contributed by atoms with Gasteiger partial charge in [-0.1, -0.05) is 12.1 Å². The Bertz CT molecular complexity index is 975. The number of aromatic nitrogens is 2. The maximum Gasteiger partial charge on any atom is 0.232 e. The van der Waals surface area contributed by atoms with Crippen molar-refractivity contribution in [2.45, 2.75) is 19.4 Å². The lowest BCUT2D eigenvalue weighted by molar-refractivity contribution is 0.590. The van der Waals surface area contributed by atoms with Gasteiger partial charge >= 0.3 is 0 Å². The molecule has 0 spiro atoms. The second-order valence-electron chi connectivity index (χ2n) is 6.05. The second kappa shape index (κ2) is 4.83. The van der Waals surface area contributed by atoms with Crippen LogP contribution in [0.1, 0.15) is 12.5 Å². The molecule has 2 aromatic heterocycles. The number of imidazole rings is 1. The van der Waals surface area contributed by atoms with Crippen LogP contribution in [-0.2, 0) is 16.4 Å². The molecule has 1 aliphatic heterocycles. The first-order valence-electron chi connectivity index (χ1n) is 7.50. The predicted molar refractivity (Wildman–Crippen MR) is 91.1 cm³/mol. The van der Waals surface area contributed by atoms with E-state index < -0.39 is 10.0 Å². The fourth-order valence-corrected chi connectivity index (χ4v) is 4.60. The Hall–Kier alpha value is -2.34. The smallest absolute Gasteiger partial charge is 0.232 e. The first-order chi connectivity index (χ1) is 10.9. The highest BCUT2D eigenvalue weighted by Crippen LogP contribution is 2.36. The van der Waals surface area contributed by atoms with Crippen LogP contribution in [0.5, 0.6) is 0 Å². The largest absolute Gasteiger partial charge is 0.306 e. The van der Waals surface area contributed by atoms with Crippen LogP contribution in [0, 0.1) is 0 Å². The predicted octanol–water partition coefficient (Wildman–Crippen LogP) is 2.71. The van der Waals surface area contributed by atoms with Crippen LogP contribution < -0.4 is 4.31 Å². The SMILES string of the molecule is C[C@@H]1Cc2cc(-c3cn4ccccc4n3)ccc2N1S(C)(=O)=O. The topological polar surface area (TPSA) is 54.7 Å². The number of hydrogen-bond donors (Lipinski definition) is 0. The highest BCUT2D eigenvalue weighted by Gasteiger charge is 2.32. The maximum atomic E-state index is 12.0. The van der Waals surface area contributed by atoms with Gasteiger partial charge in [0.15, 0.2) is 0 Å². The van der Waals surface area contributed by atoms with Gasteiger partial charge in [-0.05, 0) is 43.2 Å². The van der Waals surface area contributed by atoms with Gasteiger partial charge in [0, 0.05) is 24.0 Å². The molecule has 0 bridgehead atoms. The van der Waals surface area contributed by atoms with E-state index in [9.17, 15) is 8.42 Å². The van der Waals surface area contributed by atoms with Crippen LogP contribution in [0.15, 0.2) is 48.8 Å². The molecule has 6 heteroatoms. The van der Waals surface area contributed by atoms with Crippen molar-refractivity contribution < 1.29 is 8.42 Å². The molecule has 0 aliphatic carbocycles. The van der Waals surface area contributed by atoms with Crippen LogP contribution in [-0.4, -0.2) is 30.1 Å². The summed E-state index contributed by atoms with van der Waals surface area (Å²) >= 11 is 0. The van der Waals surface area contributed by atoms with Gasteiger partial charge in [-0.25, -0.2) is 13.4 Å². The van der Waals surface area contributed by atoms with Crippen molar-refractivity contribution in [3.8, 4) is 11.3 Å². The lowest BCUT2D eigenvalue weighted by Crippen LogP contribution is -2.34. The molecular formula is C17H17N3O2S. The van der Waals surface area contributed by atoms with Gasteiger partial charge in [-0.3, -0.25) is 4.31 Å². The van der Waals surface area contributed by atoms with Crippen LogP contribution in [0.25, 0.3) is 16.9 Å². The molecule has 0 fully saturated rings. The van der Waals surface area contributed by atoms with Crippen molar-refractivity contribution in [2.24, 2.45) is 0 Å². The summed E-state index contributed by atoms with van der Waals surface area (Å²) in [6.45, 7) is 1.94. The van der Waals surface area contributed by atoms with E-state index in [-0.39, 0.29) is 6.04 Å². The summed E-state index contributed by atoms with van der Waals surface area (Å²) in [5.74, 6) is 0. The Morgan fingerprint density at radius 3 is 2.78 bits per heavy atom. The molecule has 0 N–H and O–H groups in total. The van der Waals surface area contributed by atoms with Crippen molar-refractivity contribution in [1.29, 1.82) is 0 Å². The number of fused-ring (bicyclic) bond motifs is 2. The van der Waals surface area contributed by atoms with E-state index in [0.717, 1.165) is 34.6 Å². The Morgan fingerprint density at radius 1 is 1.22 bits per heavy atom. The van der Waals surface area contributed by atoms with Crippen molar-refractivity contribution in [2.75, 3.05) is 10.6 Å². The summed E-state index contributed by atoms with van der Waals surface area (Å²) in [5.41, 5.74) is 4.64. The van der Waals surface area contributed by atoms with Gasteiger partial charge in [0.25, 0.3) is 0 Å². The van der Waals surface area contributed by atoms with E-state index in [1.54, 1.807) is 0 Å². The highest BCUT2D eigenvalue weighted by molar-refractivity contribution is 7.92. The van der Waals surface area contributed by atoms with E-state index in [4.69, 9.17) is 0 Å². The number of rotatable bonds is 2. The summed E-state index contributed by atoms with van der Waals surface area (Å²) in [7, 11) is -3.25. The molecule has 23 heavy (non-hydrogen) atoms. The lowest BCUT2D eigenvalue weighted by Gasteiger charge is -2.21. The fourth-order valence-electron chi connectivity index (χ4n) is 3.34. The monoisotopic (exact) mass is 327 g/mol. The van der Waals surface area contributed by atoms with Crippen molar-refractivity contribution >= 4 is 21.4 Å². The molecule has 0 amide bonds. The fraction of sp³-hybridized carbons (Fsp3) is 0.235. The molecule has 0 saturated heterocycles. The van der Waals surface area contributed by atoms with Crippen LogP contribution in [0.3, 0.4) is 0 Å². The quantitative estimate of drug-likeness (QED) is 0.727. The first kappa shape index (κ1) is 14.3. The van der Waals surface area contributed by atoms with E-state index >= 15 is 0 Å². The number of benzene rings is 1. The summed E-state index contributed by atoms with van der Waals surface area (Å²) in [6, 6.07) is 11.7. The Morgan fingerprint density at radius 2 is 2.04 bits per heavy atom. The van der Waals surface area contributed by atoms with Crippen molar-refractivity contribution in [1.82, 2.24) is 9.38 Å². The molecule has 5 nitrogen and oxygen atoms in total. The molecule has 0 unspecified atom stereocenters. The zero-order valence-electron chi connectivity index (χ0n) is 13.0. The third-order valence-corrected chi connectivity index (χ3v) is 5.52. The summed E-state index contributed by atoms with van der Waals surface area (Å²) in [4.78, 5) is 4.63. The van der Waals surface area contributed by atoms with E-state index in [0.29, 0.717) is 0 Å². The molecule has 1 aliphatic rings. The molecule has 3 aromatic rings. The maximum absolute atomic E-state index is 12.0. The highest BCUT2D eigenvalue weighted by atomic mass is 32.2. The Kier molecular flexibility index (Phi) is 2.99. The molecule has 3 heterocycles. The Balaban J connectivity index is 1.81. The van der Waals surface area contributed by atoms with Crippen LogP contribution in [0.4, 0.5) is 5.69 Å². The van der Waals surface area contributed by atoms with Crippen molar-refractivity contribution in [3.05, 3.63) is 54.4 Å². The normalized spacial score (nSPS) is 17.7. The zero-order valence-corrected chi connectivity index (χ0v) is 13.8. The summed E-state index contributed by atoms with van der Waals surface area (Å²) in [6.07, 6.45) is 5.94. The van der Waals surface area contributed by atoms with Gasteiger partial charge in [-0.2, -0.15) is 0 Å². The molecule has 118 valence electrons. The minimum Gasteiger partial charge on any atom is -0.306 e. The van der Waals surface area contributed by atoms with Gasteiger partial charge in [-0.15, -0.1) is 0 Å². The minimum atomic E-state index is -3.25. The van der Waals surface area contributed by atoms with E-state index in [1.807, 2.05) is 54.0 Å². The third-order valence-electron chi connectivity index (χ3n) is 4.25. The van der Waals surface area contributed by atoms with Gasteiger partial charge in [0.05, 0.1) is 17.6 Å². The number of hydrogen-bond acceptors (Lipinski definition) is 3. The molecular weight excluding hydrogens is 310 g/mol. The Labute approximate surface area is 135 Å². The van der Waals surface area contributed by atoms with Gasteiger partial charge in [0.1, 0.15) is 5.65 Å². The van der Waals surface area contributed by atoms with Crippen LogP contribution in [0.2, 0.25) is 0 Å². The molecule has 4 rings (SSSR count). The summed E-state index contributed by atoms with van der Waals surface area (Å²) < 4.78 is 27.5. The summed E-state index contributed by atoms with van der Waals surface area (Å²) in [5, 5.41) is 0. The third kappa shape index (κ3) is 2.30. The standard InChI is InChI=1S/C17H17N3O2S/c1-12-9-14-10-13(6-7-16(14)20(12)23(2,21)22)15-11-19-8-4-3-5-17(19)18-15/h3-8,10-12H,9H2,1-2H3/t12-/m1/s1. The molecule has 0 radical (unpaired) electrons. The van der Waals surface area contributed by atoms with E-state index in [2.05, 4.69) is 11.1 Å². The zero-order chi connectivity index (χ0) is 16.2. The number of sulfonamides is 1. The lowest BCUT2D eigenvalue weighted by atomic mass is 10.1. The molecule has 0 saturated carbocycles. The van der Waals surface area contributed by atoms with Gasteiger partial charge in [0.2, 0.25) is 10.0 Å². The number of pyridine rings is 1. The first-order valence-corrected chi connectivity index (χ1v) is 9.35. The molecule has 1 aromatic carbocycles. The average molecular weight is 327 g/mol. The average Bonchev–Trinajstić information content (AvgIpc) is 3.05. The number of nitrogens with zero attached hydrogens (tertiary/aromatic N) is 3. The number of anilines is 1. The minimum absolute atomic E-state index is 0.0451.